The lowest BCUT2D eigenvalue weighted by Gasteiger charge is -2.59. The number of anilines is 1. The third-order valence-electron chi connectivity index (χ3n) is 7.16. The van der Waals surface area contributed by atoms with Gasteiger partial charge in [-0.1, -0.05) is 48.9 Å². The zero-order valence-corrected chi connectivity index (χ0v) is 20.6. The molecule has 0 N–H and O–H groups in total. The highest BCUT2D eigenvalue weighted by Gasteiger charge is 2.62. The van der Waals surface area contributed by atoms with Crippen LogP contribution >= 0.6 is 11.6 Å². The van der Waals surface area contributed by atoms with Gasteiger partial charge in [0.05, 0.1) is 18.1 Å². The van der Waals surface area contributed by atoms with Gasteiger partial charge < -0.3 is 14.5 Å². The molecule has 2 saturated heterocycles. The molecule has 180 valence electrons. The Bertz CT molecular complexity index is 1190. The molecule has 0 saturated carbocycles. The molecule has 6 heteroatoms. The van der Waals surface area contributed by atoms with Gasteiger partial charge in [0, 0.05) is 29.4 Å². The second-order valence-electron chi connectivity index (χ2n) is 9.29. The average Bonchev–Trinajstić information content (AvgIpc) is 2.91. The lowest BCUT2D eigenvalue weighted by Crippen LogP contribution is -2.67. The Kier molecular flexibility index (Phi) is 6.52. The van der Waals surface area contributed by atoms with E-state index in [4.69, 9.17) is 16.3 Å². The maximum absolute atomic E-state index is 13.6. The zero-order valence-electron chi connectivity index (χ0n) is 19.8. The third-order valence-corrected chi connectivity index (χ3v) is 7.42. The van der Waals surface area contributed by atoms with Crippen LogP contribution in [-0.4, -0.2) is 36.4 Å². The number of rotatable bonds is 6. The molecule has 0 aromatic heterocycles. The van der Waals surface area contributed by atoms with Gasteiger partial charge in [-0.15, -0.1) is 0 Å². The summed E-state index contributed by atoms with van der Waals surface area (Å²) in [5, 5.41) is 0.672. The third kappa shape index (κ3) is 4.30. The molecular weight excluding hydrogens is 460 g/mol. The van der Waals surface area contributed by atoms with Crippen LogP contribution in [0, 0.1) is 5.41 Å². The number of nitrogens with zero attached hydrogens (tertiary/aromatic N) is 2. The second-order valence-corrected chi connectivity index (χ2v) is 9.72. The molecule has 0 bridgehead atoms. The molecule has 0 aliphatic carbocycles. The Morgan fingerprint density at radius 3 is 2.26 bits per heavy atom. The summed E-state index contributed by atoms with van der Waals surface area (Å²) >= 11 is 6.15. The van der Waals surface area contributed by atoms with Crippen molar-refractivity contribution >= 4 is 29.1 Å². The molecule has 2 amide bonds. The van der Waals surface area contributed by atoms with Gasteiger partial charge in [0.2, 0.25) is 5.91 Å². The molecule has 1 atom stereocenters. The molecule has 35 heavy (non-hydrogen) atoms. The lowest BCUT2D eigenvalue weighted by molar-refractivity contribution is -0.144. The van der Waals surface area contributed by atoms with Crippen molar-refractivity contribution in [3.63, 3.8) is 0 Å². The molecule has 1 unspecified atom stereocenters. The fourth-order valence-electron chi connectivity index (χ4n) is 5.32. The van der Waals surface area contributed by atoms with Gasteiger partial charge >= 0.3 is 0 Å². The van der Waals surface area contributed by atoms with Crippen LogP contribution in [0.25, 0.3) is 0 Å². The summed E-state index contributed by atoms with van der Waals surface area (Å²) in [6.07, 6.45) is 2.20. The number of hydrogen-bond donors (Lipinski definition) is 0. The molecule has 2 aliphatic heterocycles. The second kappa shape index (κ2) is 9.74. The number of carbonyl (C=O) groups excluding carboxylic acids is 2. The van der Waals surface area contributed by atoms with Crippen molar-refractivity contribution in [2.45, 2.75) is 32.2 Å². The van der Waals surface area contributed by atoms with Crippen molar-refractivity contribution in [2.75, 3.05) is 24.6 Å². The first-order valence-electron chi connectivity index (χ1n) is 12.2. The number of carbonyl (C=O) groups is 2. The fourth-order valence-corrected chi connectivity index (χ4v) is 5.44. The van der Waals surface area contributed by atoms with Crippen LogP contribution in [0.15, 0.2) is 78.9 Å². The number of hydrogen-bond acceptors (Lipinski definition) is 3. The van der Waals surface area contributed by atoms with Crippen LogP contribution in [0.4, 0.5) is 5.69 Å². The molecule has 1 spiro atoms. The van der Waals surface area contributed by atoms with Crippen LogP contribution in [0.2, 0.25) is 5.02 Å². The van der Waals surface area contributed by atoms with Crippen LogP contribution in [0.3, 0.4) is 0 Å². The zero-order chi connectivity index (χ0) is 24.4. The van der Waals surface area contributed by atoms with Crippen molar-refractivity contribution in [1.29, 1.82) is 0 Å². The van der Waals surface area contributed by atoms with E-state index in [1.807, 2.05) is 88.7 Å². The molecule has 3 aromatic carbocycles. The van der Waals surface area contributed by atoms with E-state index in [9.17, 15) is 9.59 Å². The summed E-state index contributed by atoms with van der Waals surface area (Å²) in [6.45, 7) is 3.81. The minimum absolute atomic E-state index is 0.00313. The van der Waals surface area contributed by atoms with E-state index in [2.05, 4.69) is 6.92 Å². The minimum Gasteiger partial charge on any atom is -0.494 e. The van der Waals surface area contributed by atoms with Gasteiger partial charge in [-0.3, -0.25) is 9.59 Å². The number of likely N-dealkylation sites (tertiary alicyclic amines) is 1. The van der Waals surface area contributed by atoms with Crippen molar-refractivity contribution < 1.29 is 14.3 Å². The summed E-state index contributed by atoms with van der Waals surface area (Å²) in [5.41, 5.74) is 2.09. The highest BCUT2D eigenvalue weighted by molar-refractivity contribution is 6.30. The van der Waals surface area contributed by atoms with Crippen LogP contribution in [0.5, 0.6) is 5.75 Å². The molecule has 5 nitrogen and oxygen atoms in total. The Morgan fingerprint density at radius 2 is 1.63 bits per heavy atom. The first-order valence-corrected chi connectivity index (χ1v) is 12.6. The van der Waals surface area contributed by atoms with Gasteiger partial charge in [0.25, 0.3) is 5.91 Å². The number of amides is 2. The Morgan fingerprint density at radius 1 is 0.971 bits per heavy atom. The summed E-state index contributed by atoms with van der Waals surface area (Å²) in [6, 6.07) is 24.8. The monoisotopic (exact) mass is 488 g/mol. The standard InChI is InChI=1S/C29H29ClN2O3/c1-2-20-35-25-14-10-22(11-15-25)27(33)31-18-16-29(17-19-31)26(21-8-12-23(30)13-9-21)32(28(29)34)24-6-4-3-5-7-24/h3-15,26H,2,16-20H2,1H3. The van der Waals surface area contributed by atoms with E-state index >= 15 is 0 Å². The molecule has 0 radical (unpaired) electrons. The number of halogens is 1. The smallest absolute Gasteiger partial charge is 0.253 e. The SMILES string of the molecule is CCCOc1ccc(C(=O)N2CCC3(CC2)C(=O)N(c2ccccc2)C3c2ccc(Cl)cc2)cc1. The lowest BCUT2D eigenvalue weighted by atomic mass is 9.62. The van der Waals surface area contributed by atoms with Crippen LogP contribution in [0.1, 0.15) is 48.1 Å². The topological polar surface area (TPSA) is 49.9 Å². The summed E-state index contributed by atoms with van der Waals surface area (Å²) in [5.74, 6) is 0.901. The molecule has 3 aromatic rings. The predicted molar refractivity (Wildman–Crippen MR) is 138 cm³/mol. The van der Waals surface area contributed by atoms with E-state index < -0.39 is 5.41 Å². The first-order chi connectivity index (χ1) is 17.0. The molecule has 2 aliphatic rings. The van der Waals surface area contributed by atoms with E-state index in [1.54, 1.807) is 0 Å². The number of piperidine rings is 1. The molecule has 5 rings (SSSR count). The summed E-state index contributed by atoms with van der Waals surface area (Å²) in [4.78, 5) is 30.6. The minimum atomic E-state index is -0.516. The van der Waals surface area contributed by atoms with Crippen molar-refractivity contribution in [3.8, 4) is 5.75 Å². The summed E-state index contributed by atoms with van der Waals surface area (Å²) < 4.78 is 5.63. The average molecular weight is 489 g/mol. The highest BCUT2D eigenvalue weighted by atomic mass is 35.5. The molecular formula is C29H29ClN2O3. The number of para-hydroxylation sites is 1. The Balaban J connectivity index is 1.34. The number of β-lactam (4-membered cyclic amide) rings is 1. The Labute approximate surface area is 211 Å². The van der Waals surface area contributed by atoms with Gasteiger partial charge in [0.15, 0.2) is 0 Å². The maximum Gasteiger partial charge on any atom is 0.253 e. The van der Waals surface area contributed by atoms with E-state index in [-0.39, 0.29) is 17.9 Å². The number of benzene rings is 3. The molecule has 2 fully saturated rings. The van der Waals surface area contributed by atoms with E-state index in [0.29, 0.717) is 43.1 Å². The van der Waals surface area contributed by atoms with Crippen LogP contribution in [-0.2, 0) is 4.79 Å². The van der Waals surface area contributed by atoms with Crippen molar-refractivity contribution in [3.05, 3.63) is 95.0 Å². The summed E-state index contributed by atoms with van der Waals surface area (Å²) in [7, 11) is 0. The van der Waals surface area contributed by atoms with Gasteiger partial charge in [-0.2, -0.15) is 0 Å². The van der Waals surface area contributed by atoms with Crippen molar-refractivity contribution in [1.82, 2.24) is 4.90 Å². The fraction of sp³-hybridized carbons (Fsp3) is 0.310. The number of ether oxygens (including phenoxy) is 1. The first kappa shape index (κ1) is 23.4. The van der Waals surface area contributed by atoms with Gasteiger partial charge in [-0.25, -0.2) is 0 Å². The molecule has 2 heterocycles. The maximum atomic E-state index is 13.6. The largest absolute Gasteiger partial charge is 0.494 e. The normalized spacial score (nSPS) is 18.9. The van der Waals surface area contributed by atoms with Crippen LogP contribution < -0.4 is 9.64 Å². The highest BCUT2D eigenvalue weighted by Crippen LogP contribution is 2.57. The van der Waals surface area contributed by atoms with E-state index in [1.165, 1.54) is 0 Å². The van der Waals surface area contributed by atoms with Gasteiger partial charge in [-0.05, 0) is 73.4 Å². The van der Waals surface area contributed by atoms with Gasteiger partial charge in [0.1, 0.15) is 5.75 Å². The quantitative estimate of drug-likeness (QED) is 0.391. The van der Waals surface area contributed by atoms with E-state index in [0.717, 1.165) is 23.4 Å². The van der Waals surface area contributed by atoms with Crippen molar-refractivity contribution in [2.24, 2.45) is 5.41 Å². The Hall–Kier alpha value is -3.31. The predicted octanol–water partition coefficient (Wildman–Crippen LogP) is 6.14.